The van der Waals surface area contributed by atoms with Gasteiger partial charge in [-0.25, -0.2) is 0 Å². The molecule has 4 nitrogen and oxygen atoms in total. The van der Waals surface area contributed by atoms with Crippen LogP contribution in [-0.2, 0) is 11.2 Å². The number of rotatable bonds is 3. The molecule has 0 aliphatic carbocycles. The maximum Gasteiger partial charge on any atom is 0.122 e. The predicted octanol–water partition coefficient (Wildman–Crippen LogP) is 1.26. The Balaban J connectivity index is 1.82. The molecule has 2 N–H and O–H groups in total. The van der Waals surface area contributed by atoms with Crippen LogP contribution in [0.2, 0.25) is 0 Å². The van der Waals surface area contributed by atoms with E-state index < -0.39 is 0 Å². The van der Waals surface area contributed by atoms with E-state index in [1.54, 1.807) is 0 Å². The second-order valence-corrected chi connectivity index (χ2v) is 5.20. The summed E-state index contributed by atoms with van der Waals surface area (Å²) in [6, 6.07) is 6.77. The van der Waals surface area contributed by atoms with E-state index in [4.69, 9.17) is 9.47 Å². The standard InChI is InChI=1S/C15H22N2O2/c1-16-15(14-10-17-6-8-19-14)12-4-5-13-11(9-12)3-2-7-18-13/h4-5,9,14-17H,2-3,6-8,10H2,1H3. The summed E-state index contributed by atoms with van der Waals surface area (Å²) >= 11 is 0. The molecule has 2 aliphatic heterocycles. The van der Waals surface area contributed by atoms with Gasteiger partial charge in [-0.05, 0) is 37.1 Å². The van der Waals surface area contributed by atoms with Crippen molar-refractivity contribution in [3.05, 3.63) is 29.3 Å². The minimum Gasteiger partial charge on any atom is -0.493 e. The first kappa shape index (κ1) is 12.9. The second kappa shape index (κ2) is 5.90. The van der Waals surface area contributed by atoms with Crippen molar-refractivity contribution in [2.45, 2.75) is 25.0 Å². The van der Waals surface area contributed by atoms with E-state index in [1.165, 1.54) is 11.1 Å². The molecule has 4 heteroatoms. The lowest BCUT2D eigenvalue weighted by Gasteiger charge is -2.31. The zero-order chi connectivity index (χ0) is 13.1. The Morgan fingerprint density at radius 3 is 3.11 bits per heavy atom. The van der Waals surface area contributed by atoms with Crippen molar-refractivity contribution < 1.29 is 9.47 Å². The molecule has 2 heterocycles. The predicted molar refractivity (Wildman–Crippen MR) is 74.7 cm³/mol. The molecule has 1 fully saturated rings. The lowest BCUT2D eigenvalue weighted by molar-refractivity contribution is 0.00534. The van der Waals surface area contributed by atoms with E-state index in [1.807, 2.05) is 7.05 Å². The highest BCUT2D eigenvalue weighted by atomic mass is 16.5. The zero-order valence-electron chi connectivity index (χ0n) is 11.4. The van der Waals surface area contributed by atoms with Crippen LogP contribution in [0.15, 0.2) is 18.2 Å². The summed E-state index contributed by atoms with van der Waals surface area (Å²) in [5.41, 5.74) is 2.62. The van der Waals surface area contributed by atoms with E-state index in [9.17, 15) is 0 Å². The summed E-state index contributed by atoms with van der Waals surface area (Å²) in [6.07, 6.45) is 2.42. The molecule has 1 aromatic carbocycles. The van der Waals surface area contributed by atoms with Gasteiger partial charge >= 0.3 is 0 Å². The summed E-state index contributed by atoms with van der Waals surface area (Å²) < 4.78 is 11.5. The van der Waals surface area contributed by atoms with Crippen LogP contribution in [-0.4, -0.2) is 39.5 Å². The van der Waals surface area contributed by atoms with Crippen LogP contribution < -0.4 is 15.4 Å². The Bertz CT molecular complexity index is 430. The summed E-state index contributed by atoms with van der Waals surface area (Å²) in [5.74, 6) is 1.05. The third kappa shape index (κ3) is 2.76. The molecule has 0 saturated carbocycles. The van der Waals surface area contributed by atoms with Crippen LogP contribution in [0.1, 0.15) is 23.6 Å². The van der Waals surface area contributed by atoms with E-state index in [0.29, 0.717) is 0 Å². The summed E-state index contributed by atoms with van der Waals surface area (Å²) in [5, 5.41) is 6.78. The Morgan fingerprint density at radius 2 is 2.32 bits per heavy atom. The molecule has 3 rings (SSSR count). The zero-order valence-corrected chi connectivity index (χ0v) is 11.4. The normalized spacial score (nSPS) is 24.4. The van der Waals surface area contributed by atoms with Gasteiger partial charge in [-0.3, -0.25) is 0 Å². The fourth-order valence-electron chi connectivity index (χ4n) is 2.94. The average Bonchev–Trinajstić information content (AvgIpc) is 2.49. The molecule has 2 atom stereocenters. The SMILES string of the molecule is CNC(c1ccc2c(c1)CCCO2)C1CNCCO1. The van der Waals surface area contributed by atoms with E-state index in [0.717, 1.165) is 44.9 Å². The number of aryl methyl sites for hydroxylation is 1. The summed E-state index contributed by atoms with van der Waals surface area (Å²) in [4.78, 5) is 0. The van der Waals surface area contributed by atoms with Crippen molar-refractivity contribution in [3.8, 4) is 5.75 Å². The van der Waals surface area contributed by atoms with Crippen molar-refractivity contribution in [3.63, 3.8) is 0 Å². The molecule has 2 unspecified atom stereocenters. The lowest BCUT2D eigenvalue weighted by atomic mass is 9.96. The van der Waals surface area contributed by atoms with Gasteiger partial charge in [-0.1, -0.05) is 12.1 Å². The van der Waals surface area contributed by atoms with Gasteiger partial charge in [0.2, 0.25) is 0 Å². The smallest absolute Gasteiger partial charge is 0.122 e. The highest BCUT2D eigenvalue weighted by Crippen LogP contribution is 2.29. The quantitative estimate of drug-likeness (QED) is 0.860. The number of hydrogen-bond acceptors (Lipinski definition) is 4. The molecule has 1 saturated heterocycles. The van der Waals surface area contributed by atoms with Crippen molar-refractivity contribution in [2.75, 3.05) is 33.4 Å². The van der Waals surface area contributed by atoms with Gasteiger partial charge in [0.05, 0.1) is 25.4 Å². The van der Waals surface area contributed by atoms with Gasteiger partial charge in [-0.2, -0.15) is 0 Å². The molecular weight excluding hydrogens is 240 g/mol. The molecule has 2 aliphatic rings. The van der Waals surface area contributed by atoms with E-state index >= 15 is 0 Å². The largest absolute Gasteiger partial charge is 0.493 e. The maximum atomic E-state index is 5.87. The van der Waals surface area contributed by atoms with Crippen LogP contribution >= 0.6 is 0 Å². The van der Waals surface area contributed by atoms with Crippen molar-refractivity contribution in [2.24, 2.45) is 0 Å². The van der Waals surface area contributed by atoms with Gasteiger partial charge in [0.15, 0.2) is 0 Å². The van der Waals surface area contributed by atoms with Crippen LogP contribution in [0.4, 0.5) is 0 Å². The van der Waals surface area contributed by atoms with Crippen molar-refractivity contribution >= 4 is 0 Å². The van der Waals surface area contributed by atoms with Crippen molar-refractivity contribution in [1.82, 2.24) is 10.6 Å². The van der Waals surface area contributed by atoms with E-state index in [2.05, 4.69) is 28.8 Å². The fourth-order valence-corrected chi connectivity index (χ4v) is 2.94. The first-order valence-electron chi connectivity index (χ1n) is 7.13. The Morgan fingerprint density at radius 1 is 1.37 bits per heavy atom. The molecule has 104 valence electrons. The molecule has 0 bridgehead atoms. The molecule has 0 spiro atoms. The number of benzene rings is 1. The second-order valence-electron chi connectivity index (χ2n) is 5.20. The van der Waals surface area contributed by atoms with Crippen LogP contribution in [0.3, 0.4) is 0 Å². The molecule has 0 aromatic heterocycles. The Hall–Kier alpha value is -1.10. The van der Waals surface area contributed by atoms with Gasteiger partial charge in [0.1, 0.15) is 5.75 Å². The molecule has 0 amide bonds. The number of ether oxygens (including phenoxy) is 2. The Kier molecular flexibility index (Phi) is 4.01. The molecular formula is C15H22N2O2. The van der Waals surface area contributed by atoms with Crippen LogP contribution in [0.5, 0.6) is 5.75 Å². The van der Waals surface area contributed by atoms with Gasteiger partial charge < -0.3 is 20.1 Å². The third-order valence-electron chi connectivity index (χ3n) is 3.93. The number of likely N-dealkylation sites (N-methyl/N-ethyl adjacent to an activating group) is 1. The third-order valence-corrected chi connectivity index (χ3v) is 3.93. The molecule has 1 aromatic rings. The highest BCUT2D eigenvalue weighted by Gasteiger charge is 2.25. The van der Waals surface area contributed by atoms with E-state index in [-0.39, 0.29) is 12.1 Å². The fraction of sp³-hybridized carbons (Fsp3) is 0.600. The monoisotopic (exact) mass is 262 g/mol. The lowest BCUT2D eigenvalue weighted by Crippen LogP contribution is -2.45. The molecule has 0 radical (unpaired) electrons. The first-order chi connectivity index (χ1) is 9.38. The number of hydrogen-bond donors (Lipinski definition) is 2. The summed E-state index contributed by atoms with van der Waals surface area (Å²) in [7, 11) is 2.00. The molecule has 19 heavy (non-hydrogen) atoms. The van der Waals surface area contributed by atoms with Gasteiger partial charge in [-0.15, -0.1) is 0 Å². The van der Waals surface area contributed by atoms with Gasteiger partial charge in [0.25, 0.3) is 0 Å². The first-order valence-corrected chi connectivity index (χ1v) is 7.13. The number of fused-ring (bicyclic) bond motifs is 1. The number of nitrogens with one attached hydrogen (secondary N) is 2. The average molecular weight is 262 g/mol. The van der Waals surface area contributed by atoms with Crippen LogP contribution in [0.25, 0.3) is 0 Å². The Labute approximate surface area is 114 Å². The maximum absolute atomic E-state index is 5.87. The van der Waals surface area contributed by atoms with Crippen LogP contribution in [0, 0.1) is 0 Å². The van der Waals surface area contributed by atoms with Crippen molar-refractivity contribution in [1.29, 1.82) is 0 Å². The minimum atomic E-state index is 0.196. The highest BCUT2D eigenvalue weighted by molar-refractivity contribution is 5.40. The summed E-state index contributed by atoms with van der Waals surface area (Å²) in [6.45, 7) is 3.48. The minimum absolute atomic E-state index is 0.196. The number of morpholine rings is 1. The topological polar surface area (TPSA) is 42.5 Å². The van der Waals surface area contributed by atoms with Gasteiger partial charge in [0, 0.05) is 13.1 Å².